The predicted octanol–water partition coefficient (Wildman–Crippen LogP) is 2.21. The van der Waals surface area contributed by atoms with Crippen molar-refractivity contribution in [2.45, 2.75) is 46.2 Å². The average molecular weight is 291 g/mol. The van der Waals surface area contributed by atoms with Crippen LogP contribution in [0.5, 0.6) is 0 Å². The molecule has 0 aliphatic carbocycles. The molecule has 2 atom stereocenters. The summed E-state index contributed by atoms with van der Waals surface area (Å²) in [7, 11) is 0. The van der Waals surface area contributed by atoms with Gasteiger partial charge in [0.1, 0.15) is 0 Å². The summed E-state index contributed by atoms with van der Waals surface area (Å²) < 4.78 is 0. The number of carbonyl (C=O) groups is 2. The highest BCUT2D eigenvalue weighted by Gasteiger charge is 2.12. The Labute approximate surface area is 126 Å². The Morgan fingerprint density at radius 2 is 1.95 bits per heavy atom. The molecule has 1 aromatic carbocycles. The zero-order valence-electron chi connectivity index (χ0n) is 13.2. The first-order valence-corrected chi connectivity index (χ1v) is 7.32. The normalized spacial score (nSPS) is 13.3. The number of benzene rings is 1. The molecule has 0 saturated heterocycles. The van der Waals surface area contributed by atoms with Crippen LogP contribution in [-0.4, -0.2) is 24.4 Å². The molecule has 5 nitrogen and oxygen atoms in total. The van der Waals surface area contributed by atoms with Crippen LogP contribution in [0.4, 0.5) is 5.69 Å². The predicted molar refractivity (Wildman–Crippen MR) is 85.1 cm³/mol. The molecule has 0 saturated carbocycles. The molecule has 3 N–H and O–H groups in total. The Hall–Kier alpha value is -1.88. The molecule has 0 heterocycles. The van der Waals surface area contributed by atoms with Gasteiger partial charge in [-0.05, 0) is 38.1 Å². The molecule has 5 heteroatoms. The highest BCUT2D eigenvalue weighted by Crippen LogP contribution is 2.17. The number of anilines is 1. The van der Waals surface area contributed by atoms with Crippen molar-refractivity contribution < 1.29 is 9.59 Å². The zero-order valence-corrected chi connectivity index (χ0v) is 13.2. The lowest BCUT2D eigenvalue weighted by Gasteiger charge is -2.17. The lowest BCUT2D eigenvalue weighted by atomic mass is 10.1. The fourth-order valence-corrected chi connectivity index (χ4v) is 2.17. The van der Waals surface area contributed by atoms with Crippen molar-refractivity contribution in [1.29, 1.82) is 0 Å². The molecule has 116 valence electrons. The zero-order chi connectivity index (χ0) is 15.8. The first-order valence-electron chi connectivity index (χ1n) is 7.32. The molecular weight excluding hydrogens is 266 g/mol. The van der Waals surface area contributed by atoms with Gasteiger partial charge in [0.2, 0.25) is 11.8 Å². The third kappa shape index (κ3) is 6.40. The second-order valence-electron chi connectivity index (χ2n) is 5.26. The van der Waals surface area contributed by atoms with Crippen molar-refractivity contribution in [2.75, 3.05) is 11.9 Å². The maximum atomic E-state index is 12.0. The van der Waals surface area contributed by atoms with Gasteiger partial charge >= 0.3 is 0 Å². The molecule has 1 aromatic rings. The van der Waals surface area contributed by atoms with Crippen LogP contribution in [-0.2, 0) is 9.59 Å². The Bertz CT molecular complexity index is 488. The largest absolute Gasteiger partial charge is 0.350 e. The summed E-state index contributed by atoms with van der Waals surface area (Å²) in [5, 5.41) is 8.93. The van der Waals surface area contributed by atoms with Crippen LogP contribution < -0.4 is 16.0 Å². The van der Waals surface area contributed by atoms with Crippen molar-refractivity contribution in [3.8, 4) is 0 Å². The molecule has 2 unspecified atom stereocenters. The quantitative estimate of drug-likeness (QED) is 0.721. The molecular formula is C16H25N3O2. The van der Waals surface area contributed by atoms with Gasteiger partial charge in [-0.15, -0.1) is 0 Å². The van der Waals surface area contributed by atoms with Gasteiger partial charge in [-0.3, -0.25) is 9.59 Å². The smallest absolute Gasteiger partial charge is 0.222 e. The maximum absolute atomic E-state index is 12.0. The summed E-state index contributed by atoms with van der Waals surface area (Å²) in [5.74, 6) is -0.0933. The van der Waals surface area contributed by atoms with E-state index in [-0.39, 0.29) is 23.9 Å². The Morgan fingerprint density at radius 1 is 1.24 bits per heavy atom. The van der Waals surface area contributed by atoms with E-state index in [1.165, 1.54) is 6.92 Å². The molecule has 0 aromatic heterocycles. The van der Waals surface area contributed by atoms with Crippen LogP contribution in [0.1, 0.15) is 45.7 Å². The van der Waals surface area contributed by atoms with E-state index in [0.717, 1.165) is 17.8 Å². The summed E-state index contributed by atoms with van der Waals surface area (Å²) in [4.78, 5) is 23.0. The van der Waals surface area contributed by atoms with Gasteiger partial charge in [0.05, 0.1) is 6.04 Å². The van der Waals surface area contributed by atoms with Gasteiger partial charge in [-0.25, -0.2) is 0 Å². The van der Waals surface area contributed by atoms with Gasteiger partial charge in [-0.1, -0.05) is 19.1 Å². The SMILES string of the molecule is CCNC(C)CC(=O)NC(C)c1cccc(NC(C)=O)c1. The highest BCUT2D eigenvalue weighted by molar-refractivity contribution is 5.88. The topological polar surface area (TPSA) is 70.2 Å². The van der Waals surface area contributed by atoms with Crippen LogP contribution >= 0.6 is 0 Å². The van der Waals surface area contributed by atoms with Crippen LogP contribution in [0, 0.1) is 0 Å². The molecule has 2 amide bonds. The molecule has 21 heavy (non-hydrogen) atoms. The molecule has 1 rings (SSSR count). The number of hydrogen-bond acceptors (Lipinski definition) is 3. The van der Waals surface area contributed by atoms with Crippen LogP contribution in [0.25, 0.3) is 0 Å². The second kappa shape index (κ2) is 8.42. The van der Waals surface area contributed by atoms with E-state index in [1.807, 2.05) is 45.0 Å². The maximum Gasteiger partial charge on any atom is 0.222 e. The minimum absolute atomic E-state index is 0.0147. The van der Waals surface area contributed by atoms with Gasteiger partial charge in [0.15, 0.2) is 0 Å². The van der Waals surface area contributed by atoms with Crippen LogP contribution in [0.3, 0.4) is 0 Å². The standard InChI is InChI=1S/C16H25N3O2/c1-5-17-11(2)9-16(21)18-12(3)14-7-6-8-15(10-14)19-13(4)20/h6-8,10-12,17H,5,9H2,1-4H3,(H,18,21)(H,19,20). The van der Waals surface area contributed by atoms with E-state index in [1.54, 1.807) is 0 Å². The molecule has 0 aliphatic rings. The average Bonchev–Trinajstić information content (AvgIpc) is 2.38. The minimum Gasteiger partial charge on any atom is -0.350 e. The van der Waals surface area contributed by atoms with E-state index in [9.17, 15) is 9.59 Å². The summed E-state index contributed by atoms with van der Waals surface area (Å²) in [6.45, 7) is 8.27. The minimum atomic E-state index is -0.108. The fourth-order valence-electron chi connectivity index (χ4n) is 2.17. The van der Waals surface area contributed by atoms with E-state index in [4.69, 9.17) is 0 Å². The van der Waals surface area contributed by atoms with Gasteiger partial charge in [0, 0.05) is 25.1 Å². The number of nitrogens with one attached hydrogen (secondary N) is 3. The van der Waals surface area contributed by atoms with Gasteiger partial charge < -0.3 is 16.0 Å². The molecule has 0 spiro atoms. The lowest BCUT2D eigenvalue weighted by molar-refractivity contribution is -0.122. The number of carbonyl (C=O) groups excluding carboxylic acids is 2. The third-order valence-electron chi connectivity index (χ3n) is 3.13. The van der Waals surface area contributed by atoms with Crippen molar-refractivity contribution in [3.63, 3.8) is 0 Å². The Morgan fingerprint density at radius 3 is 2.57 bits per heavy atom. The first kappa shape index (κ1) is 17.2. The number of rotatable bonds is 7. The molecule has 0 radical (unpaired) electrons. The monoisotopic (exact) mass is 291 g/mol. The molecule has 0 bridgehead atoms. The summed E-state index contributed by atoms with van der Waals surface area (Å²) in [5.41, 5.74) is 1.70. The summed E-state index contributed by atoms with van der Waals surface area (Å²) in [6, 6.07) is 7.56. The lowest BCUT2D eigenvalue weighted by Crippen LogP contribution is -2.34. The van der Waals surface area contributed by atoms with Gasteiger partial charge in [0.25, 0.3) is 0 Å². The first-order chi connectivity index (χ1) is 9.92. The third-order valence-corrected chi connectivity index (χ3v) is 3.13. The summed E-state index contributed by atoms with van der Waals surface area (Å²) in [6.07, 6.45) is 0.448. The highest BCUT2D eigenvalue weighted by atomic mass is 16.2. The van der Waals surface area contributed by atoms with Crippen molar-refractivity contribution in [3.05, 3.63) is 29.8 Å². The van der Waals surface area contributed by atoms with Gasteiger partial charge in [-0.2, -0.15) is 0 Å². The van der Waals surface area contributed by atoms with Crippen molar-refractivity contribution in [1.82, 2.24) is 10.6 Å². The fraction of sp³-hybridized carbons (Fsp3) is 0.500. The van der Waals surface area contributed by atoms with Crippen molar-refractivity contribution >= 4 is 17.5 Å². The molecule has 0 fully saturated rings. The van der Waals surface area contributed by atoms with E-state index >= 15 is 0 Å². The van der Waals surface area contributed by atoms with E-state index in [0.29, 0.717) is 6.42 Å². The van der Waals surface area contributed by atoms with E-state index in [2.05, 4.69) is 16.0 Å². The second-order valence-corrected chi connectivity index (χ2v) is 5.26. The van der Waals surface area contributed by atoms with Crippen molar-refractivity contribution in [2.24, 2.45) is 0 Å². The Kier molecular flexibility index (Phi) is 6.88. The van der Waals surface area contributed by atoms with Crippen LogP contribution in [0.15, 0.2) is 24.3 Å². The number of amides is 2. The molecule has 0 aliphatic heterocycles. The van der Waals surface area contributed by atoms with E-state index < -0.39 is 0 Å². The number of hydrogen-bond donors (Lipinski definition) is 3. The Balaban J connectivity index is 2.60. The van der Waals surface area contributed by atoms with Crippen LogP contribution in [0.2, 0.25) is 0 Å². The summed E-state index contributed by atoms with van der Waals surface area (Å²) >= 11 is 0.